The quantitative estimate of drug-likeness (QED) is 0.798. The van der Waals surface area contributed by atoms with E-state index in [1.807, 2.05) is 36.6 Å². The SMILES string of the molecule is CSC(=S)NC1=C(C#N)C(c2ccccc2)c2ccc(O)cc2O1. The average molecular weight is 354 g/mol. The predicted molar refractivity (Wildman–Crippen MR) is 98.9 cm³/mol. The van der Waals surface area contributed by atoms with Crippen LogP contribution >= 0.6 is 24.0 Å². The first-order valence-electron chi connectivity index (χ1n) is 7.19. The highest BCUT2D eigenvalue weighted by Crippen LogP contribution is 2.43. The summed E-state index contributed by atoms with van der Waals surface area (Å²) in [7, 11) is 0. The lowest BCUT2D eigenvalue weighted by molar-refractivity contribution is 0.375. The molecular weight excluding hydrogens is 340 g/mol. The van der Waals surface area contributed by atoms with Crippen molar-refractivity contribution in [2.24, 2.45) is 0 Å². The van der Waals surface area contributed by atoms with Crippen molar-refractivity contribution in [1.29, 1.82) is 5.26 Å². The van der Waals surface area contributed by atoms with Crippen LogP contribution < -0.4 is 10.1 Å². The van der Waals surface area contributed by atoms with Crippen LogP contribution in [0.3, 0.4) is 0 Å². The molecule has 2 N–H and O–H groups in total. The van der Waals surface area contributed by atoms with Crippen LogP contribution in [0.15, 0.2) is 60.0 Å². The fourth-order valence-corrected chi connectivity index (χ4v) is 2.93. The Morgan fingerprint density at radius 3 is 2.71 bits per heavy atom. The number of hydrogen-bond acceptors (Lipinski definition) is 5. The molecule has 0 saturated carbocycles. The maximum absolute atomic E-state index is 9.77. The zero-order chi connectivity index (χ0) is 17.1. The number of phenolic OH excluding ortho intramolecular Hbond substituents is 1. The van der Waals surface area contributed by atoms with Gasteiger partial charge in [-0.25, -0.2) is 0 Å². The molecule has 3 rings (SSSR count). The minimum atomic E-state index is -0.285. The van der Waals surface area contributed by atoms with E-state index in [-0.39, 0.29) is 11.7 Å². The van der Waals surface area contributed by atoms with Crippen molar-refractivity contribution in [1.82, 2.24) is 5.32 Å². The summed E-state index contributed by atoms with van der Waals surface area (Å²) in [5, 5.41) is 22.5. The van der Waals surface area contributed by atoms with Gasteiger partial charge >= 0.3 is 0 Å². The van der Waals surface area contributed by atoms with Crippen molar-refractivity contribution in [2.75, 3.05) is 6.26 Å². The Balaban J connectivity index is 2.18. The number of nitrogens with zero attached hydrogens (tertiary/aromatic N) is 1. The highest BCUT2D eigenvalue weighted by atomic mass is 32.2. The van der Waals surface area contributed by atoms with Crippen LogP contribution in [0.4, 0.5) is 0 Å². The molecule has 1 atom stereocenters. The molecule has 0 spiro atoms. The number of thioether (sulfide) groups is 1. The summed E-state index contributed by atoms with van der Waals surface area (Å²) in [4.78, 5) is 0. The first-order valence-corrected chi connectivity index (χ1v) is 8.82. The van der Waals surface area contributed by atoms with Gasteiger partial charge in [-0.05, 0) is 17.9 Å². The van der Waals surface area contributed by atoms with E-state index in [4.69, 9.17) is 17.0 Å². The predicted octanol–water partition coefficient (Wildman–Crippen LogP) is 3.89. The number of rotatable bonds is 2. The first kappa shape index (κ1) is 16.4. The van der Waals surface area contributed by atoms with Crippen LogP contribution in [0.2, 0.25) is 0 Å². The van der Waals surface area contributed by atoms with Gasteiger partial charge < -0.3 is 15.2 Å². The molecule has 120 valence electrons. The molecule has 24 heavy (non-hydrogen) atoms. The van der Waals surface area contributed by atoms with Crippen molar-refractivity contribution in [3.8, 4) is 17.6 Å². The summed E-state index contributed by atoms with van der Waals surface area (Å²) in [5.74, 6) is 0.638. The van der Waals surface area contributed by atoms with Gasteiger partial charge in [-0.1, -0.05) is 48.6 Å². The minimum absolute atomic E-state index is 0.104. The normalized spacial score (nSPS) is 15.9. The lowest BCUT2D eigenvalue weighted by Crippen LogP contribution is -2.28. The average Bonchev–Trinajstić information content (AvgIpc) is 2.61. The van der Waals surface area contributed by atoms with E-state index in [2.05, 4.69) is 11.4 Å². The maximum atomic E-state index is 9.77. The van der Waals surface area contributed by atoms with Crippen molar-refractivity contribution < 1.29 is 9.84 Å². The Kier molecular flexibility index (Phi) is 4.74. The smallest absolute Gasteiger partial charge is 0.213 e. The zero-order valence-corrected chi connectivity index (χ0v) is 14.4. The molecule has 2 aromatic carbocycles. The topological polar surface area (TPSA) is 65.3 Å². The Morgan fingerprint density at radius 2 is 2.04 bits per heavy atom. The molecule has 1 heterocycles. The largest absolute Gasteiger partial charge is 0.508 e. The van der Waals surface area contributed by atoms with Crippen LogP contribution in [-0.4, -0.2) is 15.7 Å². The zero-order valence-electron chi connectivity index (χ0n) is 12.8. The summed E-state index contributed by atoms with van der Waals surface area (Å²) >= 11 is 6.56. The molecule has 0 bridgehead atoms. The van der Waals surface area contributed by atoms with Crippen LogP contribution in [-0.2, 0) is 0 Å². The number of phenols is 1. The Hall–Kier alpha value is -2.49. The number of hydrogen-bond donors (Lipinski definition) is 2. The third kappa shape index (κ3) is 3.09. The standard InChI is InChI=1S/C18H14N2O2S2/c1-24-18(23)20-17-14(10-19)16(11-5-3-2-4-6-11)13-8-7-12(21)9-15(13)22-17/h2-9,16,21H,1H3,(H,20,23). The number of thiocarbonyl (C=S) groups is 1. The van der Waals surface area contributed by atoms with E-state index in [1.54, 1.807) is 18.2 Å². The molecule has 2 aromatic rings. The molecule has 0 radical (unpaired) electrons. The number of benzene rings is 2. The van der Waals surface area contributed by atoms with Gasteiger partial charge in [-0.3, -0.25) is 0 Å². The number of nitriles is 1. The van der Waals surface area contributed by atoms with E-state index < -0.39 is 0 Å². The number of nitrogens with one attached hydrogen (secondary N) is 1. The lowest BCUT2D eigenvalue weighted by atomic mass is 9.83. The van der Waals surface area contributed by atoms with Crippen LogP contribution in [0.1, 0.15) is 17.0 Å². The molecule has 1 aliphatic rings. The maximum Gasteiger partial charge on any atom is 0.213 e. The molecule has 0 amide bonds. The Morgan fingerprint density at radius 1 is 1.29 bits per heavy atom. The molecule has 0 saturated heterocycles. The molecule has 0 aromatic heterocycles. The van der Waals surface area contributed by atoms with Gasteiger partial charge in [0.1, 0.15) is 27.5 Å². The number of fused-ring (bicyclic) bond motifs is 1. The van der Waals surface area contributed by atoms with Gasteiger partial charge in [-0.15, -0.1) is 11.8 Å². The first-order chi connectivity index (χ1) is 11.6. The second-order valence-corrected chi connectivity index (χ2v) is 6.62. The van der Waals surface area contributed by atoms with Gasteiger partial charge in [0, 0.05) is 11.6 Å². The lowest BCUT2D eigenvalue weighted by Gasteiger charge is -2.28. The van der Waals surface area contributed by atoms with Crippen molar-refractivity contribution >= 4 is 28.3 Å². The van der Waals surface area contributed by atoms with Gasteiger partial charge in [0.2, 0.25) is 5.88 Å². The number of allylic oxidation sites excluding steroid dienone is 1. The van der Waals surface area contributed by atoms with Crippen molar-refractivity contribution in [2.45, 2.75) is 5.92 Å². The van der Waals surface area contributed by atoms with Gasteiger partial charge in [-0.2, -0.15) is 5.26 Å². The Labute approximate surface area is 149 Å². The molecular formula is C18H14N2O2S2. The monoisotopic (exact) mass is 354 g/mol. The van der Waals surface area contributed by atoms with E-state index in [0.717, 1.165) is 11.1 Å². The summed E-state index contributed by atoms with van der Waals surface area (Å²) in [6.45, 7) is 0. The van der Waals surface area contributed by atoms with Crippen LogP contribution in [0.25, 0.3) is 0 Å². The molecule has 1 unspecified atom stereocenters. The molecule has 0 fully saturated rings. The fourth-order valence-electron chi connectivity index (χ4n) is 2.65. The highest BCUT2D eigenvalue weighted by molar-refractivity contribution is 8.22. The van der Waals surface area contributed by atoms with E-state index in [1.165, 1.54) is 11.8 Å². The minimum Gasteiger partial charge on any atom is -0.508 e. The summed E-state index contributed by atoms with van der Waals surface area (Å²) in [6.07, 6.45) is 1.85. The summed E-state index contributed by atoms with van der Waals surface area (Å²) in [5.41, 5.74) is 2.26. The highest BCUT2D eigenvalue weighted by Gasteiger charge is 2.32. The van der Waals surface area contributed by atoms with Gasteiger partial charge in [0.05, 0.1) is 5.92 Å². The fraction of sp³-hybridized carbons (Fsp3) is 0.111. The molecule has 0 aliphatic carbocycles. The molecule has 4 nitrogen and oxygen atoms in total. The third-order valence-electron chi connectivity index (χ3n) is 3.71. The second kappa shape index (κ2) is 6.95. The van der Waals surface area contributed by atoms with Crippen LogP contribution in [0, 0.1) is 11.3 Å². The number of ether oxygens (including phenoxy) is 1. The third-order valence-corrected chi connectivity index (χ3v) is 4.78. The second-order valence-electron chi connectivity index (χ2n) is 5.14. The molecule has 6 heteroatoms. The van der Waals surface area contributed by atoms with Crippen LogP contribution in [0.5, 0.6) is 11.5 Å². The summed E-state index contributed by atoms with van der Waals surface area (Å²) in [6, 6.07) is 16.9. The summed E-state index contributed by atoms with van der Waals surface area (Å²) < 4.78 is 6.33. The van der Waals surface area contributed by atoms with Crippen molar-refractivity contribution in [3.05, 3.63) is 71.1 Å². The van der Waals surface area contributed by atoms with Gasteiger partial charge in [0.25, 0.3) is 0 Å². The Bertz CT molecular complexity index is 857. The van der Waals surface area contributed by atoms with E-state index in [0.29, 0.717) is 21.5 Å². The van der Waals surface area contributed by atoms with Gasteiger partial charge in [0.15, 0.2) is 0 Å². The number of aromatic hydroxyl groups is 1. The van der Waals surface area contributed by atoms with E-state index in [9.17, 15) is 10.4 Å². The van der Waals surface area contributed by atoms with Crippen molar-refractivity contribution in [3.63, 3.8) is 0 Å². The van der Waals surface area contributed by atoms with E-state index >= 15 is 0 Å². The molecule has 1 aliphatic heterocycles.